The van der Waals surface area contributed by atoms with Crippen molar-refractivity contribution in [2.45, 2.75) is 40.2 Å². The number of rotatable bonds is 9. The molecule has 30 heavy (non-hydrogen) atoms. The number of hydrogen-bond donors (Lipinski definition) is 2. The van der Waals surface area contributed by atoms with Crippen LogP contribution in [-0.2, 0) is 11.2 Å². The number of piperazine rings is 1. The highest BCUT2D eigenvalue weighted by molar-refractivity contribution is 5.80. The number of nitrogens with one attached hydrogen (secondary N) is 2. The van der Waals surface area contributed by atoms with Crippen LogP contribution in [0.2, 0.25) is 0 Å². The molecule has 0 radical (unpaired) electrons. The highest BCUT2D eigenvalue weighted by atomic mass is 16.5. The fourth-order valence-corrected chi connectivity index (χ4v) is 3.35. The molecule has 2 N–H and O–H groups in total. The first kappa shape index (κ1) is 24.0. The number of nitrogens with zero attached hydrogens (tertiary/aromatic N) is 3. The zero-order chi connectivity index (χ0) is 21.9. The normalized spacial score (nSPS) is 15.6. The molecule has 168 valence electrons. The molecule has 1 aromatic rings. The lowest BCUT2D eigenvalue weighted by molar-refractivity contribution is -0.123. The topological polar surface area (TPSA) is 69.2 Å². The van der Waals surface area contributed by atoms with E-state index in [0.29, 0.717) is 12.5 Å². The smallest absolute Gasteiger partial charge is 0.234 e. The number of amides is 1. The molecule has 1 saturated heterocycles. The molecular formula is C23H39N5O2. The summed E-state index contributed by atoms with van der Waals surface area (Å²) < 4.78 is 5.74. The van der Waals surface area contributed by atoms with E-state index < -0.39 is 0 Å². The Bertz CT molecular complexity index is 665. The fourth-order valence-electron chi connectivity index (χ4n) is 3.35. The van der Waals surface area contributed by atoms with E-state index in [9.17, 15) is 4.79 Å². The van der Waals surface area contributed by atoms with Gasteiger partial charge in [-0.1, -0.05) is 26.0 Å². The van der Waals surface area contributed by atoms with E-state index in [2.05, 4.69) is 51.4 Å². The molecular weight excluding hydrogens is 378 g/mol. The lowest BCUT2D eigenvalue weighted by Crippen LogP contribution is -2.54. The molecule has 7 nitrogen and oxygen atoms in total. The molecule has 0 aromatic heterocycles. The number of benzene rings is 1. The molecule has 7 heteroatoms. The van der Waals surface area contributed by atoms with Crippen LogP contribution in [0, 0.1) is 5.92 Å². The average molecular weight is 418 g/mol. The van der Waals surface area contributed by atoms with E-state index in [1.54, 1.807) is 0 Å². The van der Waals surface area contributed by atoms with E-state index >= 15 is 0 Å². The summed E-state index contributed by atoms with van der Waals surface area (Å²) in [5, 5.41) is 6.43. The van der Waals surface area contributed by atoms with Crippen molar-refractivity contribution >= 4 is 11.9 Å². The van der Waals surface area contributed by atoms with Crippen molar-refractivity contribution in [3.8, 4) is 5.75 Å². The van der Waals surface area contributed by atoms with E-state index in [-0.39, 0.29) is 11.9 Å². The third-order valence-corrected chi connectivity index (χ3v) is 4.90. The van der Waals surface area contributed by atoms with Gasteiger partial charge in [0, 0.05) is 45.8 Å². The average Bonchev–Trinajstić information content (AvgIpc) is 2.70. The first-order chi connectivity index (χ1) is 14.4. The Balaban J connectivity index is 1.70. The van der Waals surface area contributed by atoms with Gasteiger partial charge in [-0.2, -0.15) is 0 Å². The fraction of sp³-hybridized carbons (Fsp3) is 0.652. The van der Waals surface area contributed by atoms with Crippen molar-refractivity contribution in [1.82, 2.24) is 20.4 Å². The van der Waals surface area contributed by atoms with Crippen molar-refractivity contribution in [2.75, 3.05) is 52.9 Å². The van der Waals surface area contributed by atoms with Gasteiger partial charge >= 0.3 is 0 Å². The Morgan fingerprint density at radius 1 is 1.10 bits per heavy atom. The molecule has 0 unspecified atom stereocenters. The van der Waals surface area contributed by atoms with Gasteiger partial charge in [0.1, 0.15) is 5.75 Å². The molecule has 1 aromatic carbocycles. The van der Waals surface area contributed by atoms with E-state index in [1.165, 1.54) is 5.56 Å². The zero-order valence-electron chi connectivity index (χ0n) is 19.3. The first-order valence-electron chi connectivity index (χ1n) is 11.1. The molecule has 1 fully saturated rings. The van der Waals surface area contributed by atoms with Crippen LogP contribution in [0.4, 0.5) is 0 Å². The minimum Gasteiger partial charge on any atom is -0.493 e. The van der Waals surface area contributed by atoms with Gasteiger partial charge in [0.15, 0.2) is 5.96 Å². The van der Waals surface area contributed by atoms with Crippen LogP contribution in [0.3, 0.4) is 0 Å². The van der Waals surface area contributed by atoms with Crippen molar-refractivity contribution in [3.05, 3.63) is 29.8 Å². The predicted octanol–water partition coefficient (Wildman–Crippen LogP) is 1.98. The summed E-state index contributed by atoms with van der Waals surface area (Å²) in [6, 6.07) is 8.52. The van der Waals surface area contributed by atoms with Gasteiger partial charge in [0.05, 0.1) is 13.2 Å². The Morgan fingerprint density at radius 3 is 2.33 bits per heavy atom. The van der Waals surface area contributed by atoms with Crippen molar-refractivity contribution in [3.63, 3.8) is 0 Å². The van der Waals surface area contributed by atoms with Gasteiger partial charge in [0.2, 0.25) is 5.91 Å². The van der Waals surface area contributed by atoms with Crippen molar-refractivity contribution in [1.29, 1.82) is 0 Å². The Labute approximate surface area is 181 Å². The second-order valence-corrected chi connectivity index (χ2v) is 8.56. The van der Waals surface area contributed by atoms with Crippen LogP contribution < -0.4 is 15.4 Å². The summed E-state index contributed by atoms with van der Waals surface area (Å²) in [5.41, 5.74) is 1.27. The maximum Gasteiger partial charge on any atom is 0.234 e. The van der Waals surface area contributed by atoms with Crippen LogP contribution in [0.25, 0.3) is 0 Å². The summed E-state index contributed by atoms with van der Waals surface area (Å²) in [4.78, 5) is 20.8. The first-order valence-corrected chi connectivity index (χ1v) is 11.1. The van der Waals surface area contributed by atoms with Gasteiger partial charge in [-0.3, -0.25) is 14.7 Å². The summed E-state index contributed by atoms with van der Waals surface area (Å²) in [5.74, 6) is 2.48. The third-order valence-electron chi connectivity index (χ3n) is 4.90. The Hall–Kier alpha value is -2.28. The second kappa shape index (κ2) is 12.4. The number of hydrogen-bond acceptors (Lipinski definition) is 4. The summed E-state index contributed by atoms with van der Waals surface area (Å²) >= 11 is 0. The number of aliphatic imine (C=N–C) groups is 1. The molecule has 1 aliphatic rings. The summed E-state index contributed by atoms with van der Waals surface area (Å²) in [6.45, 7) is 13.8. The molecule has 1 heterocycles. The van der Waals surface area contributed by atoms with Crippen LogP contribution in [0.1, 0.15) is 33.3 Å². The number of guanidine groups is 1. The van der Waals surface area contributed by atoms with Gasteiger partial charge < -0.3 is 20.3 Å². The minimum absolute atomic E-state index is 0.0987. The molecule has 1 amide bonds. The number of carbonyl (C=O) groups is 1. The molecule has 0 spiro atoms. The van der Waals surface area contributed by atoms with Gasteiger partial charge in [0.25, 0.3) is 0 Å². The molecule has 2 rings (SSSR count). The zero-order valence-corrected chi connectivity index (χ0v) is 19.3. The van der Waals surface area contributed by atoms with Gasteiger partial charge in [-0.25, -0.2) is 0 Å². The highest BCUT2D eigenvalue weighted by Gasteiger charge is 2.21. The quantitative estimate of drug-likeness (QED) is 0.475. The molecule has 0 bridgehead atoms. The standard InChI is InChI=1S/C23H39N5O2/c1-18(2)17-30-21-8-6-20(7-9-21)10-11-25-23(24-5)28-14-12-27(13-15-28)16-22(29)26-19(3)4/h6-9,18-19H,10-17H2,1-5H3,(H,24,25)(H,26,29). The van der Waals surface area contributed by atoms with E-state index in [0.717, 1.165) is 57.5 Å². The predicted molar refractivity (Wildman–Crippen MR) is 123 cm³/mol. The van der Waals surface area contributed by atoms with E-state index in [1.807, 2.05) is 33.0 Å². The number of ether oxygens (including phenoxy) is 1. The SMILES string of the molecule is CN=C(NCCc1ccc(OCC(C)C)cc1)N1CCN(CC(=O)NC(C)C)CC1. The highest BCUT2D eigenvalue weighted by Crippen LogP contribution is 2.13. The summed E-state index contributed by atoms with van der Waals surface area (Å²) in [6.07, 6.45) is 0.929. The lowest BCUT2D eigenvalue weighted by Gasteiger charge is -2.36. The molecule has 0 atom stereocenters. The monoisotopic (exact) mass is 417 g/mol. The summed E-state index contributed by atoms with van der Waals surface area (Å²) in [7, 11) is 1.83. The van der Waals surface area contributed by atoms with Crippen LogP contribution in [-0.4, -0.2) is 80.6 Å². The second-order valence-electron chi connectivity index (χ2n) is 8.56. The Morgan fingerprint density at radius 2 is 1.77 bits per heavy atom. The minimum atomic E-state index is 0.0987. The van der Waals surface area contributed by atoms with Crippen LogP contribution >= 0.6 is 0 Å². The molecule has 0 aliphatic carbocycles. The van der Waals surface area contributed by atoms with Crippen molar-refractivity contribution in [2.24, 2.45) is 10.9 Å². The van der Waals surface area contributed by atoms with Crippen LogP contribution in [0.15, 0.2) is 29.3 Å². The number of carbonyl (C=O) groups excluding carboxylic acids is 1. The largest absolute Gasteiger partial charge is 0.493 e. The molecule has 1 aliphatic heterocycles. The molecule has 0 saturated carbocycles. The van der Waals surface area contributed by atoms with Crippen molar-refractivity contribution < 1.29 is 9.53 Å². The Kier molecular flexibility index (Phi) is 9.94. The van der Waals surface area contributed by atoms with Crippen LogP contribution in [0.5, 0.6) is 5.75 Å². The maximum absolute atomic E-state index is 11.9. The van der Waals surface area contributed by atoms with Gasteiger partial charge in [-0.15, -0.1) is 0 Å². The van der Waals surface area contributed by atoms with E-state index in [4.69, 9.17) is 4.74 Å². The third kappa shape index (κ3) is 8.61. The lowest BCUT2D eigenvalue weighted by atomic mass is 10.1. The van der Waals surface area contributed by atoms with Gasteiger partial charge in [-0.05, 0) is 43.9 Å². The maximum atomic E-state index is 11.9.